The third-order valence-corrected chi connectivity index (χ3v) is 1.73. The summed E-state index contributed by atoms with van der Waals surface area (Å²) in [6.07, 6.45) is 1.63. The second kappa shape index (κ2) is 5.82. The highest BCUT2D eigenvalue weighted by atomic mass is 16.5. The minimum Gasteiger partial charge on any atom is -0.497 e. The molecule has 0 fully saturated rings. The zero-order valence-corrected chi connectivity index (χ0v) is 8.45. The van der Waals surface area contributed by atoms with Gasteiger partial charge in [-0.25, -0.2) is 0 Å². The van der Waals surface area contributed by atoms with Crippen LogP contribution >= 0.6 is 0 Å². The van der Waals surface area contributed by atoms with Crippen molar-refractivity contribution < 1.29 is 4.74 Å². The average Bonchev–Trinajstić information content (AvgIpc) is 2.25. The van der Waals surface area contributed by atoms with Gasteiger partial charge < -0.3 is 4.74 Å². The number of methoxy groups -OCH3 is 1. The van der Waals surface area contributed by atoms with E-state index >= 15 is 0 Å². The molecule has 0 atom stereocenters. The highest BCUT2D eigenvalue weighted by molar-refractivity contribution is 5.77. The van der Waals surface area contributed by atoms with Crippen molar-refractivity contribution >= 4 is 6.21 Å². The minimum absolute atomic E-state index is 0.665. The van der Waals surface area contributed by atoms with Crippen LogP contribution in [0.15, 0.2) is 29.3 Å². The summed E-state index contributed by atoms with van der Waals surface area (Å²) < 4.78 is 5.05. The number of rotatable bonds is 3. The minimum atomic E-state index is 0.665. The molecule has 0 unspecified atom stereocenters. The van der Waals surface area contributed by atoms with E-state index in [-0.39, 0.29) is 0 Å². The number of ether oxygens (including phenoxy) is 1. The molecule has 0 saturated carbocycles. The van der Waals surface area contributed by atoms with Gasteiger partial charge in [0.05, 0.1) is 19.9 Å². The first-order chi connectivity index (χ1) is 6.86. The molecule has 1 rings (SSSR count). The average molecular weight is 187 g/mol. The summed E-state index contributed by atoms with van der Waals surface area (Å²) in [6.45, 7) is 2.46. The van der Waals surface area contributed by atoms with E-state index in [1.165, 1.54) is 0 Å². The molecule has 0 aliphatic heterocycles. The maximum Gasteiger partial charge on any atom is 0.118 e. The van der Waals surface area contributed by atoms with Crippen LogP contribution in [0.5, 0.6) is 5.75 Å². The van der Waals surface area contributed by atoms with Crippen molar-refractivity contribution in [2.45, 2.75) is 13.5 Å². The van der Waals surface area contributed by atoms with E-state index in [9.17, 15) is 0 Å². The van der Waals surface area contributed by atoms with Gasteiger partial charge in [0.15, 0.2) is 0 Å². The van der Waals surface area contributed by atoms with Crippen molar-refractivity contribution in [3.63, 3.8) is 0 Å². The molecule has 14 heavy (non-hydrogen) atoms. The molecule has 0 N–H and O–H groups in total. The normalized spacial score (nSPS) is 9.57. The van der Waals surface area contributed by atoms with E-state index in [2.05, 4.69) is 16.8 Å². The van der Waals surface area contributed by atoms with Gasteiger partial charge in [0, 0.05) is 0 Å². The molecule has 0 aromatic heterocycles. The zero-order chi connectivity index (χ0) is 10.2. The lowest BCUT2D eigenvalue weighted by molar-refractivity contribution is 0.414. The van der Waals surface area contributed by atoms with Crippen LogP contribution in [-0.2, 0) is 6.54 Å². The SMILES string of the molecule is CC#CC=NCc1ccc(OC)cc1. The molecule has 72 valence electrons. The van der Waals surface area contributed by atoms with E-state index in [1.54, 1.807) is 20.2 Å². The van der Waals surface area contributed by atoms with Crippen molar-refractivity contribution in [3.05, 3.63) is 29.8 Å². The van der Waals surface area contributed by atoms with Crippen LogP contribution < -0.4 is 4.74 Å². The molecule has 0 aliphatic carbocycles. The summed E-state index contributed by atoms with van der Waals surface area (Å²) in [4.78, 5) is 4.15. The highest BCUT2D eigenvalue weighted by Gasteiger charge is 1.91. The summed E-state index contributed by atoms with van der Waals surface area (Å²) in [5, 5.41) is 0. The Morgan fingerprint density at radius 1 is 1.36 bits per heavy atom. The quantitative estimate of drug-likeness (QED) is 0.525. The Kier molecular flexibility index (Phi) is 4.30. The molecule has 2 nitrogen and oxygen atoms in total. The standard InChI is InChI=1S/C12H13NO/c1-3-4-9-13-10-11-5-7-12(14-2)8-6-11/h5-9H,10H2,1-2H3. The molecular formula is C12H13NO. The fourth-order valence-electron chi connectivity index (χ4n) is 0.992. The first-order valence-corrected chi connectivity index (χ1v) is 4.40. The van der Waals surface area contributed by atoms with Crippen LogP contribution in [0.4, 0.5) is 0 Å². The number of nitrogens with zero attached hydrogens (tertiary/aromatic N) is 1. The van der Waals surface area contributed by atoms with Gasteiger partial charge in [-0.15, -0.1) is 5.92 Å². The Balaban J connectivity index is 2.54. The molecule has 0 spiro atoms. The number of aliphatic imine (C=N–C) groups is 1. The van der Waals surface area contributed by atoms with Gasteiger partial charge in [-0.3, -0.25) is 4.99 Å². The number of hydrogen-bond acceptors (Lipinski definition) is 2. The van der Waals surface area contributed by atoms with Crippen LogP contribution in [0.2, 0.25) is 0 Å². The molecule has 1 aromatic rings. The second-order valence-corrected chi connectivity index (χ2v) is 2.71. The smallest absolute Gasteiger partial charge is 0.118 e. The number of benzene rings is 1. The lowest BCUT2D eigenvalue weighted by Crippen LogP contribution is -1.84. The third-order valence-electron chi connectivity index (χ3n) is 1.73. The third kappa shape index (κ3) is 3.32. The van der Waals surface area contributed by atoms with Gasteiger partial charge in [-0.05, 0) is 24.6 Å². The van der Waals surface area contributed by atoms with Crippen molar-refractivity contribution in [1.82, 2.24) is 0 Å². The lowest BCUT2D eigenvalue weighted by atomic mass is 10.2. The van der Waals surface area contributed by atoms with Gasteiger partial charge >= 0.3 is 0 Å². The maximum atomic E-state index is 5.05. The Hall–Kier alpha value is -1.75. The number of hydrogen-bond donors (Lipinski definition) is 0. The van der Waals surface area contributed by atoms with E-state index < -0.39 is 0 Å². The molecule has 0 heterocycles. The maximum absolute atomic E-state index is 5.05. The monoisotopic (exact) mass is 187 g/mol. The summed E-state index contributed by atoms with van der Waals surface area (Å²) in [5.74, 6) is 6.39. The fourth-order valence-corrected chi connectivity index (χ4v) is 0.992. The van der Waals surface area contributed by atoms with Gasteiger partial charge in [-0.1, -0.05) is 18.1 Å². The fraction of sp³-hybridized carbons (Fsp3) is 0.250. The molecule has 2 heteroatoms. The topological polar surface area (TPSA) is 21.6 Å². The summed E-state index contributed by atoms with van der Waals surface area (Å²) in [6, 6.07) is 7.85. The first kappa shape index (κ1) is 10.3. The molecule has 0 bridgehead atoms. The van der Waals surface area contributed by atoms with Crippen LogP contribution in [0.3, 0.4) is 0 Å². The van der Waals surface area contributed by atoms with Crippen LogP contribution in [0, 0.1) is 11.8 Å². The molecule has 0 saturated heterocycles. The predicted octanol–water partition coefficient (Wildman–Crippen LogP) is 2.29. The summed E-state index contributed by atoms with van der Waals surface area (Å²) >= 11 is 0. The summed E-state index contributed by atoms with van der Waals surface area (Å²) in [7, 11) is 1.66. The van der Waals surface area contributed by atoms with Crippen molar-refractivity contribution in [2.75, 3.05) is 7.11 Å². The van der Waals surface area contributed by atoms with E-state index in [4.69, 9.17) is 4.74 Å². The highest BCUT2D eigenvalue weighted by Crippen LogP contribution is 2.11. The van der Waals surface area contributed by atoms with E-state index in [0.29, 0.717) is 6.54 Å². The van der Waals surface area contributed by atoms with Crippen molar-refractivity contribution in [1.29, 1.82) is 0 Å². The van der Waals surface area contributed by atoms with Crippen molar-refractivity contribution in [3.8, 4) is 17.6 Å². The molecular weight excluding hydrogens is 174 g/mol. The molecule has 0 amide bonds. The van der Waals surface area contributed by atoms with Crippen LogP contribution in [0.25, 0.3) is 0 Å². The molecule has 1 aromatic carbocycles. The first-order valence-electron chi connectivity index (χ1n) is 4.40. The van der Waals surface area contributed by atoms with Crippen LogP contribution in [-0.4, -0.2) is 13.3 Å². The Morgan fingerprint density at radius 2 is 2.07 bits per heavy atom. The second-order valence-electron chi connectivity index (χ2n) is 2.71. The Morgan fingerprint density at radius 3 is 2.64 bits per heavy atom. The lowest BCUT2D eigenvalue weighted by Gasteiger charge is -1.99. The van der Waals surface area contributed by atoms with E-state index in [1.807, 2.05) is 24.3 Å². The summed E-state index contributed by atoms with van der Waals surface area (Å²) in [5.41, 5.74) is 1.15. The largest absolute Gasteiger partial charge is 0.497 e. The molecule has 0 radical (unpaired) electrons. The molecule has 0 aliphatic rings. The van der Waals surface area contributed by atoms with Gasteiger partial charge in [0.2, 0.25) is 0 Å². The Labute approximate surface area is 84.6 Å². The van der Waals surface area contributed by atoms with E-state index in [0.717, 1.165) is 11.3 Å². The van der Waals surface area contributed by atoms with Gasteiger partial charge in [-0.2, -0.15) is 0 Å². The van der Waals surface area contributed by atoms with Crippen molar-refractivity contribution in [2.24, 2.45) is 4.99 Å². The Bertz CT molecular complexity index is 354. The van der Waals surface area contributed by atoms with Gasteiger partial charge in [0.25, 0.3) is 0 Å². The van der Waals surface area contributed by atoms with Gasteiger partial charge in [0.1, 0.15) is 5.75 Å². The zero-order valence-electron chi connectivity index (χ0n) is 8.45. The van der Waals surface area contributed by atoms with Crippen LogP contribution in [0.1, 0.15) is 12.5 Å². The predicted molar refractivity (Wildman–Crippen MR) is 58.6 cm³/mol.